The topological polar surface area (TPSA) is 26.3 Å². The van der Waals surface area contributed by atoms with E-state index in [0.717, 1.165) is 6.04 Å². The third-order valence-electron chi connectivity index (χ3n) is 1.05. The van der Waals surface area contributed by atoms with E-state index in [9.17, 15) is 4.79 Å². The second kappa shape index (κ2) is 5.65. The maximum absolute atomic E-state index is 10.8. The lowest BCUT2D eigenvalue weighted by Crippen LogP contribution is -2.00. The average Bonchev–Trinajstić information content (AvgIpc) is 1.88. The molecule has 0 aliphatic heterocycles. The fraction of sp³-hybridized carbons (Fsp3) is 0.500. The van der Waals surface area contributed by atoms with E-state index in [-0.39, 0.29) is 10.8 Å². The van der Waals surface area contributed by atoms with E-state index in [1.54, 1.807) is 7.11 Å². The van der Waals surface area contributed by atoms with Crippen molar-refractivity contribution in [1.82, 2.24) is 0 Å². The van der Waals surface area contributed by atoms with Crippen LogP contribution in [0.1, 0.15) is 6.42 Å². The Morgan fingerprint density at radius 1 is 1.80 bits per heavy atom. The summed E-state index contributed by atoms with van der Waals surface area (Å²) in [6.45, 7) is 3.32. The smallest absolute Gasteiger partial charge is 0.173 e. The number of allylic oxidation sites excluding steroid dienone is 1. The largest absolute Gasteiger partial charge is 0.427 e. The zero-order valence-electron chi connectivity index (χ0n) is 6.02. The number of Topliss-reactive ketones (excluding diaryl/α,β-unsaturated/α-hetero) is 1. The predicted molar refractivity (Wildman–Crippen MR) is 45.0 cm³/mol. The van der Waals surface area contributed by atoms with Crippen molar-refractivity contribution >= 4 is 27.1 Å². The first-order chi connectivity index (χ1) is 4.68. The molecule has 0 saturated heterocycles. The minimum Gasteiger partial charge on any atom is -0.427 e. The molecule has 0 unspecified atom stereocenters. The van der Waals surface area contributed by atoms with Crippen LogP contribution in [-0.4, -0.2) is 22.7 Å². The van der Waals surface area contributed by atoms with Gasteiger partial charge in [0.05, 0.1) is 5.03 Å². The van der Waals surface area contributed by atoms with E-state index in [0.29, 0.717) is 6.42 Å². The monoisotopic (exact) mass is 178 g/mol. The van der Waals surface area contributed by atoms with Gasteiger partial charge in [0.1, 0.15) is 0 Å². The minimum atomic E-state index is -0.474. The molecule has 0 aliphatic rings. The van der Waals surface area contributed by atoms with E-state index in [1.165, 1.54) is 0 Å². The van der Waals surface area contributed by atoms with Gasteiger partial charge < -0.3 is 4.43 Å². The summed E-state index contributed by atoms with van der Waals surface area (Å²) in [6.07, 6.45) is 0.488. The van der Waals surface area contributed by atoms with Gasteiger partial charge in [0.2, 0.25) is 0 Å². The minimum absolute atomic E-state index is 0.0637. The van der Waals surface area contributed by atoms with Crippen molar-refractivity contribution in [3.8, 4) is 0 Å². The zero-order chi connectivity index (χ0) is 7.98. The van der Waals surface area contributed by atoms with Crippen molar-refractivity contribution in [1.29, 1.82) is 0 Å². The van der Waals surface area contributed by atoms with Crippen LogP contribution in [0, 0.1) is 0 Å². The van der Waals surface area contributed by atoms with Gasteiger partial charge in [-0.25, -0.2) is 0 Å². The molecular weight excluding hydrogens is 168 g/mol. The maximum atomic E-state index is 10.8. The molecule has 2 nitrogen and oxygen atoms in total. The highest BCUT2D eigenvalue weighted by Gasteiger charge is 2.02. The van der Waals surface area contributed by atoms with Gasteiger partial charge in [-0.2, -0.15) is 0 Å². The Morgan fingerprint density at radius 3 is 2.80 bits per heavy atom. The van der Waals surface area contributed by atoms with Gasteiger partial charge in [-0.15, -0.1) is 0 Å². The maximum Gasteiger partial charge on any atom is 0.173 e. The Balaban J connectivity index is 3.31. The van der Waals surface area contributed by atoms with Gasteiger partial charge in [0.15, 0.2) is 15.5 Å². The summed E-state index contributed by atoms with van der Waals surface area (Å²) in [7, 11) is 1.19. The van der Waals surface area contributed by atoms with Crippen molar-refractivity contribution in [2.24, 2.45) is 0 Å². The second-order valence-corrected chi connectivity index (χ2v) is 4.07. The van der Waals surface area contributed by atoms with Crippen LogP contribution in [0.3, 0.4) is 0 Å². The summed E-state index contributed by atoms with van der Waals surface area (Å²) in [6, 6.07) is 0.848. The molecule has 0 atom stereocenters. The number of hydrogen-bond acceptors (Lipinski definition) is 2. The molecule has 0 aliphatic carbocycles. The van der Waals surface area contributed by atoms with Gasteiger partial charge in [-0.05, 0) is 6.04 Å². The highest BCUT2D eigenvalue weighted by molar-refractivity contribution is 6.42. The molecule has 0 heterocycles. The van der Waals surface area contributed by atoms with Crippen LogP contribution in [0.2, 0.25) is 6.04 Å². The van der Waals surface area contributed by atoms with Crippen molar-refractivity contribution in [3.63, 3.8) is 0 Å². The quantitative estimate of drug-likeness (QED) is 0.355. The normalized spacial score (nSPS) is 10.6. The fourth-order valence-corrected chi connectivity index (χ4v) is 1.36. The van der Waals surface area contributed by atoms with Crippen molar-refractivity contribution in [3.05, 3.63) is 11.6 Å². The van der Waals surface area contributed by atoms with Crippen molar-refractivity contribution < 1.29 is 9.22 Å². The number of ketones is 1. The molecule has 0 rings (SSSR count). The van der Waals surface area contributed by atoms with Gasteiger partial charge in [-0.1, -0.05) is 18.2 Å². The number of carbonyl (C=O) groups excluding carboxylic acids is 1. The third kappa shape index (κ3) is 4.73. The molecule has 10 heavy (non-hydrogen) atoms. The molecule has 0 aromatic heterocycles. The van der Waals surface area contributed by atoms with Crippen LogP contribution < -0.4 is 0 Å². The van der Waals surface area contributed by atoms with E-state index in [4.69, 9.17) is 16.0 Å². The SMILES string of the molecule is C=C(Cl)C(=O)CC[SiH2]OC. The molecular formula is C6H11ClO2Si. The standard InChI is InChI=1S/C6H11ClO2Si/c1-5(7)6(8)3-4-10-9-2/h1,3-4,10H2,2H3. The average molecular weight is 179 g/mol. The van der Waals surface area contributed by atoms with Crippen LogP contribution >= 0.6 is 11.6 Å². The van der Waals surface area contributed by atoms with E-state index in [2.05, 4.69) is 6.58 Å². The number of carbonyl (C=O) groups is 1. The molecule has 0 spiro atoms. The van der Waals surface area contributed by atoms with Crippen LogP contribution in [0.15, 0.2) is 11.6 Å². The first kappa shape index (κ1) is 9.88. The number of rotatable bonds is 5. The lowest BCUT2D eigenvalue weighted by molar-refractivity contribution is -0.114. The Kier molecular flexibility index (Phi) is 5.58. The lowest BCUT2D eigenvalue weighted by Gasteiger charge is -1.95. The van der Waals surface area contributed by atoms with Crippen LogP contribution in [0.25, 0.3) is 0 Å². The lowest BCUT2D eigenvalue weighted by atomic mass is 10.3. The van der Waals surface area contributed by atoms with Crippen molar-refractivity contribution in [2.45, 2.75) is 12.5 Å². The predicted octanol–water partition coefficient (Wildman–Crippen LogP) is 0.847. The van der Waals surface area contributed by atoms with E-state index in [1.807, 2.05) is 0 Å². The van der Waals surface area contributed by atoms with Crippen LogP contribution in [0.5, 0.6) is 0 Å². The highest BCUT2D eigenvalue weighted by atomic mass is 35.5. The molecule has 0 amide bonds. The van der Waals surface area contributed by atoms with Crippen LogP contribution in [-0.2, 0) is 9.22 Å². The first-order valence-electron chi connectivity index (χ1n) is 3.05. The highest BCUT2D eigenvalue weighted by Crippen LogP contribution is 2.03. The Labute approximate surface area is 68.2 Å². The van der Waals surface area contributed by atoms with Gasteiger partial charge in [0, 0.05) is 13.5 Å². The first-order valence-corrected chi connectivity index (χ1v) is 5.00. The van der Waals surface area contributed by atoms with Gasteiger partial charge in [-0.3, -0.25) is 4.79 Å². The third-order valence-corrected chi connectivity index (χ3v) is 2.32. The van der Waals surface area contributed by atoms with Gasteiger partial charge >= 0.3 is 0 Å². The fourth-order valence-electron chi connectivity index (χ4n) is 0.513. The molecule has 0 aromatic rings. The summed E-state index contributed by atoms with van der Waals surface area (Å²) in [5, 5.41) is 0.130. The number of halogens is 1. The molecule has 0 saturated carbocycles. The molecule has 0 bridgehead atoms. The Bertz CT molecular complexity index is 136. The van der Waals surface area contributed by atoms with Crippen LogP contribution in [0.4, 0.5) is 0 Å². The van der Waals surface area contributed by atoms with Crippen molar-refractivity contribution in [2.75, 3.05) is 7.11 Å². The summed E-state index contributed by atoms with van der Waals surface area (Å²) < 4.78 is 4.89. The molecule has 0 aromatic carbocycles. The summed E-state index contributed by atoms with van der Waals surface area (Å²) in [5.41, 5.74) is 0. The van der Waals surface area contributed by atoms with E-state index < -0.39 is 9.76 Å². The Hall–Kier alpha value is -0.123. The Morgan fingerprint density at radius 2 is 2.40 bits per heavy atom. The molecule has 0 fully saturated rings. The summed E-state index contributed by atoms with van der Waals surface area (Å²) in [5.74, 6) is -0.0637. The second-order valence-electron chi connectivity index (χ2n) is 1.92. The van der Waals surface area contributed by atoms with E-state index >= 15 is 0 Å². The molecule has 0 N–H and O–H groups in total. The zero-order valence-corrected chi connectivity index (χ0v) is 8.19. The molecule has 4 heteroatoms. The molecule has 58 valence electrons. The van der Waals surface area contributed by atoms with Gasteiger partial charge in [0.25, 0.3) is 0 Å². The summed E-state index contributed by atoms with van der Waals surface area (Å²) >= 11 is 5.34. The summed E-state index contributed by atoms with van der Waals surface area (Å²) in [4.78, 5) is 10.8. The molecule has 0 radical (unpaired) electrons. The number of hydrogen-bond donors (Lipinski definition) is 0.